The molecule has 0 saturated heterocycles. The minimum atomic E-state index is -0.979. The number of benzene rings is 2. The average molecular weight is 886 g/mol. The first kappa shape index (κ1) is 46.4. The number of nitrogens with zero attached hydrogens (tertiary/aromatic N) is 2. The Kier molecular flexibility index (Phi) is 14.1. The molecule has 7 N–H and O–H groups in total. The highest BCUT2D eigenvalue weighted by Crippen LogP contribution is 2.68. The summed E-state index contributed by atoms with van der Waals surface area (Å²) in [5.41, 5.74) is 2.20. The predicted octanol–water partition coefficient (Wildman–Crippen LogP) is 8.45. The van der Waals surface area contributed by atoms with E-state index >= 15 is 0 Å². The van der Waals surface area contributed by atoms with E-state index in [1.165, 1.54) is 0 Å². The summed E-state index contributed by atoms with van der Waals surface area (Å²) >= 11 is 0. The Hall–Kier alpha value is -5.17. The maximum Gasteiger partial charge on any atom is 0.303 e. The van der Waals surface area contributed by atoms with Crippen LogP contribution in [0.15, 0.2) is 103 Å². The van der Waals surface area contributed by atoms with E-state index in [4.69, 9.17) is 4.98 Å². The van der Waals surface area contributed by atoms with Gasteiger partial charge in [-0.05, 0) is 139 Å². The summed E-state index contributed by atoms with van der Waals surface area (Å²) in [5, 5.41) is 55.2. The summed E-state index contributed by atoms with van der Waals surface area (Å²) in [6.07, 6.45) is 7.72. The number of para-hydroxylation sites is 1. The van der Waals surface area contributed by atoms with Crippen LogP contribution in [0.4, 0.5) is 11.5 Å². The number of carbonyl (C=O) groups excluding carboxylic acids is 2. The van der Waals surface area contributed by atoms with E-state index in [-0.39, 0.29) is 83.5 Å². The second-order valence-electron chi connectivity index (χ2n) is 20.2. The number of hydrogen-bond donors (Lipinski definition) is 7. The molecule has 8 rings (SSSR count). The van der Waals surface area contributed by atoms with Crippen LogP contribution in [-0.4, -0.2) is 66.4 Å². The first-order valence-corrected chi connectivity index (χ1v) is 23.9. The van der Waals surface area contributed by atoms with Crippen molar-refractivity contribution in [3.63, 3.8) is 0 Å². The van der Waals surface area contributed by atoms with Gasteiger partial charge in [-0.3, -0.25) is 19.4 Å². The quantitative estimate of drug-likeness (QED) is 0.0574. The molecule has 2 aromatic carbocycles. The second kappa shape index (κ2) is 19.7. The molecule has 4 fully saturated rings. The van der Waals surface area contributed by atoms with Crippen LogP contribution in [0.2, 0.25) is 0 Å². The molecular weight excluding hydrogens is 819 g/mol. The Morgan fingerprint density at radius 3 is 2.22 bits per heavy atom. The molecule has 12 heteroatoms. The van der Waals surface area contributed by atoms with Gasteiger partial charge in [-0.25, -0.2) is 4.98 Å². The average Bonchev–Trinajstić information content (AvgIpc) is 3.67. The van der Waals surface area contributed by atoms with Crippen molar-refractivity contribution in [1.82, 2.24) is 15.3 Å². The van der Waals surface area contributed by atoms with E-state index in [9.17, 15) is 34.8 Å². The lowest BCUT2D eigenvalue weighted by atomic mass is 9.43. The molecule has 2 aromatic heterocycles. The third-order valence-electron chi connectivity index (χ3n) is 16.7. The van der Waals surface area contributed by atoms with Crippen molar-refractivity contribution in [2.24, 2.45) is 46.3 Å². The van der Waals surface area contributed by atoms with E-state index < -0.39 is 36.2 Å². The lowest BCUT2D eigenvalue weighted by Gasteiger charge is -2.63. The summed E-state index contributed by atoms with van der Waals surface area (Å²) in [6.45, 7) is 6.68. The molecule has 2 heterocycles. The van der Waals surface area contributed by atoms with Gasteiger partial charge in [0.2, 0.25) is 11.8 Å². The van der Waals surface area contributed by atoms with Crippen LogP contribution in [0.25, 0.3) is 0 Å². The normalized spacial score (nSPS) is 31.2. The van der Waals surface area contributed by atoms with Crippen LogP contribution in [0.1, 0.15) is 126 Å². The molecule has 0 spiro atoms. The van der Waals surface area contributed by atoms with Crippen molar-refractivity contribution in [3.05, 3.63) is 120 Å². The topological polar surface area (TPSA) is 194 Å². The van der Waals surface area contributed by atoms with Crippen molar-refractivity contribution in [2.75, 3.05) is 10.6 Å². The maximum absolute atomic E-state index is 13.7. The summed E-state index contributed by atoms with van der Waals surface area (Å²) < 4.78 is 0. The monoisotopic (exact) mass is 886 g/mol. The lowest BCUT2D eigenvalue weighted by Crippen LogP contribution is -2.63. The highest BCUT2D eigenvalue weighted by Gasteiger charge is 2.65. The molecule has 5 unspecified atom stereocenters. The van der Waals surface area contributed by atoms with E-state index in [0.29, 0.717) is 36.5 Å². The second-order valence-corrected chi connectivity index (χ2v) is 20.2. The molecule has 0 bridgehead atoms. The van der Waals surface area contributed by atoms with Gasteiger partial charge in [-0.15, -0.1) is 0 Å². The van der Waals surface area contributed by atoms with Crippen molar-refractivity contribution in [3.8, 4) is 0 Å². The molecule has 4 aromatic rings. The predicted molar refractivity (Wildman–Crippen MR) is 249 cm³/mol. The molecule has 12 nitrogen and oxygen atoms in total. The minimum absolute atomic E-state index is 0.0111. The number of aromatic nitrogens is 2. The number of aliphatic hydroxyl groups is 3. The first-order valence-electron chi connectivity index (χ1n) is 23.9. The minimum Gasteiger partial charge on any atom is -0.481 e. The van der Waals surface area contributed by atoms with Crippen molar-refractivity contribution in [2.45, 2.75) is 128 Å². The van der Waals surface area contributed by atoms with Crippen LogP contribution in [0.3, 0.4) is 0 Å². The fourth-order valence-corrected chi connectivity index (χ4v) is 13.4. The van der Waals surface area contributed by atoms with Gasteiger partial charge >= 0.3 is 5.97 Å². The number of hydrogen-bond acceptors (Lipinski definition) is 9. The number of carbonyl (C=O) groups is 3. The highest BCUT2D eigenvalue weighted by molar-refractivity contribution is 5.94. The van der Waals surface area contributed by atoms with Crippen LogP contribution in [0.5, 0.6) is 0 Å². The lowest BCUT2D eigenvalue weighted by molar-refractivity contribution is -0.202. The van der Waals surface area contributed by atoms with Gasteiger partial charge in [0.1, 0.15) is 5.82 Å². The molecule has 4 saturated carbocycles. The number of aliphatic hydroxyl groups excluding tert-OH is 3. The molecule has 0 radical (unpaired) electrons. The molecule has 4 aliphatic carbocycles. The van der Waals surface area contributed by atoms with Gasteiger partial charge < -0.3 is 36.4 Å². The standard InChI is InChI=1S/C53H67N5O7/c1-32(19-24-47(63)64)37-20-21-38-48-39(31-43(60)53(37,38)3)52(2)26-25-35(29-34(52)30-42(48)59)56-45(61)22-23-46(62)57-40-16-8-7-15-36(40)50(58-44-18-10-12-28-55-44)49(41-17-9-11-27-54-41)51(65)33-13-5-4-6-14-33/h4-18,27-28,32,34-35,37-39,42-43,48-51,59-60,65H,19-26,29-31H2,1-3H3,(H,55,58)(H,56,61)(H,57,62)(H,63,64)/t32?,34-,35-,37?,38-,39-,42+,43-,48-,49?,50?,51?,52-,53+/m0/s1. The summed E-state index contributed by atoms with van der Waals surface area (Å²) in [4.78, 5) is 47.9. The number of carboxylic acid groups (broad SMARTS) is 1. The molecule has 0 aliphatic heterocycles. The zero-order chi connectivity index (χ0) is 45.9. The smallest absolute Gasteiger partial charge is 0.303 e. The van der Waals surface area contributed by atoms with Gasteiger partial charge in [0.15, 0.2) is 0 Å². The van der Waals surface area contributed by atoms with E-state index in [1.807, 2.05) is 91.0 Å². The third-order valence-corrected chi connectivity index (χ3v) is 16.7. The third kappa shape index (κ3) is 9.58. The molecular formula is C53H67N5O7. The molecule has 2 amide bonds. The molecule has 4 aliphatic rings. The summed E-state index contributed by atoms with van der Waals surface area (Å²) in [6, 6.07) is 27.4. The van der Waals surface area contributed by atoms with E-state index in [2.05, 4.69) is 41.7 Å². The summed E-state index contributed by atoms with van der Waals surface area (Å²) in [7, 11) is 0. The maximum atomic E-state index is 13.7. The number of pyridine rings is 2. The highest BCUT2D eigenvalue weighted by atomic mass is 16.4. The number of carboxylic acids is 1. The molecule has 346 valence electrons. The number of amides is 2. The number of anilines is 2. The first-order chi connectivity index (χ1) is 31.3. The van der Waals surface area contributed by atoms with Crippen LogP contribution < -0.4 is 16.0 Å². The van der Waals surface area contributed by atoms with Gasteiger partial charge in [0, 0.05) is 49.1 Å². The van der Waals surface area contributed by atoms with Crippen LogP contribution in [0, 0.1) is 46.3 Å². The van der Waals surface area contributed by atoms with Gasteiger partial charge in [0.05, 0.1) is 30.3 Å². The Labute approximate surface area is 383 Å². The fourth-order valence-electron chi connectivity index (χ4n) is 13.4. The number of aliphatic carboxylic acids is 1. The number of fused-ring (bicyclic) bond motifs is 5. The van der Waals surface area contributed by atoms with Crippen molar-refractivity contribution >= 4 is 29.3 Å². The van der Waals surface area contributed by atoms with Crippen molar-refractivity contribution < 1.29 is 34.8 Å². The summed E-state index contributed by atoms with van der Waals surface area (Å²) in [5.74, 6) is -0.285. The van der Waals surface area contributed by atoms with E-state index in [1.54, 1.807) is 12.4 Å². The Morgan fingerprint density at radius 1 is 0.785 bits per heavy atom. The Bertz CT molecular complexity index is 2250. The van der Waals surface area contributed by atoms with Gasteiger partial charge in [-0.1, -0.05) is 81.4 Å². The van der Waals surface area contributed by atoms with Crippen LogP contribution >= 0.6 is 0 Å². The molecule has 65 heavy (non-hydrogen) atoms. The van der Waals surface area contributed by atoms with Gasteiger partial charge in [-0.2, -0.15) is 0 Å². The molecule has 14 atom stereocenters. The number of rotatable bonds is 16. The van der Waals surface area contributed by atoms with Gasteiger partial charge in [0.25, 0.3) is 0 Å². The van der Waals surface area contributed by atoms with Crippen molar-refractivity contribution in [1.29, 1.82) is 0 Å². The largest absolute Gasteiger partial charge is 0.481 e. The Balaban J connectivity index is 0.917. The SMILES string of the molecule is CC(CCC(=O)O)C1CC[C@H]2[C@@H]3[C@H](O)C[C@@H]4C[C@@H](NC(=O)CCC(=O)Nc5ccccc5C(Nc5ccccn5)C(c5ccccn5)C(O)c5ccccc5)CC[C@]4(C)[C@H]3C[C@H](O)[C@]12C. The van der Waals surface area contributed by atoms with Crippen LogP contribution in [-0.2, 0) is 14.4 Å². The zero-order valence-electron chi connectivity index (χ0n) is 37.9. The number of nitrogens with one attached hydrogen (secondary N) is 3. The fraction of sp³-hybridized carbons (Fsp3) is 0.528. The Morgan fingerprint density at radius 2 is 1.49 bits per heavy atom. The van der Waals surface area contributed by atoms with E-state index in [0.717, 1.165) is 43.2 Å². The zero-order valence-corrected chi connectivity index (χ0v) is 37.9.